The van der Waals surface area contributed by atoms with Crippen LogP contribution in [0.1, 0.15) is 13.8 Å². The van der Waals surface area contributed by atoms with Crippen LogP contribution in [0.15, 0.2) is 0 Å². The van der Waals surface area contributed by atoms with E-state index in [-0.39, 0.29) is 29.6 Å². The minimum Gasteiger partial charge on any atom is -0.340 e. The molecule has 0 radical (unpaired) electrons. The summed E-state index contributed by atoms with van der Waals surface area (Å²) in [6.07, 6.45) is 10.6. The molecule has 0 atom stereocenters. The molecule has 0 rings (SSSR count). The Bertz CT molecular complexity index is 141. The van der Waals surface area contributed by atoms with Crippen molar-refractivity contribution in [1.29, 1.82) is 0 Å². The third-order valence-corrected chi connectivity index (χ3v) is 6.10. The minimum absolute atomic E-state index is 0. The van der Waals surface area contributed by atoms with Crippen LogP contribution >= 0.6 is 0 Å². The number of hydrogen-bond acceptors (Lipinski definition) is 0. The van der Waals surface area contributed by atoms with Gasteiger partial charge in [0.15, 0.2) is 0 Å². The van der Waals surface area contributed by atoms with Crippen LogP contribution in [0, 0.1) is 22.4 Å². The Balaban J connectivity index is 0. The molecular weight excluding hydrogens is 146 g/mol. The van der Waals surface area contributed by atoms with Gasteiger partial charge < -0.3 is 9.56 Å². The maximum Gasteiger partial charge on any atom is 1.00 e. The van der Waals surface area contributed by atoms with Gasteiger partial charge in [-0.1, -0.05) is 0 Å². The molecule has 10 heavy (non-hydrogen) atoms. The zero-order chi connectivity index (χ0) is 7.33. The molecule has 0 bridgehead atoms. The molecule has 0 unspecified atom stereocenters. The van der Waals surface area contributed by atoms with Crippen molar-refractivity contribution < 1.29 is 29.6 Å². The number of rotatable bonds is 2. The second-order valence-corrected chi connectivity index (χ2v) is 7.20. The average Bonchev–Trinajstić information content (AvgIpc) is 1.95. The van der Waals surface area contributed by atoms with Gasteiger partial charge in [0.1, 0.15) is 0 Å². The van der Waals surface area contributed by atoms with Gasteiger partial charge in [-0.05, 0) is 0 Å². The fourth-order valence-corrected chi connectivity index (χ4v) is 2.42. The Morgan fingerprint density at radius 1 is 1.10 bits per heavy atom. The van der Waals surface area contributed by atoms with Crippen molar-refractivity contribution in [2.45, 2.75) is 24.4 Å². The van der Waals surface area contributed by atoms with E-state index in [2.05, 4.69) is 23.4 Å². The quantitative estimate of drug-likeness (QED) is 0.351. The van der Waals surface area contributed by atoms with E-state index in [9.17, 15) is 0 Å². The van der Waals surface area contributed by atoms with E-state index < -0.39 is 13.1 Å². The molecule has 0 nitrogen and oxygen atoms in total. The van der Waals surface area contributed by atoms with Crippen molar-refractivity contribution in [2.75, 3.05) is 0 Å². The first-order chi connectivity index (χ1) is 4.24. The maximum atomic E-state index is 5.32. The first-order valence-electron chi connectivity index (χ1n) is 3.39. The van der Waals surface area contributed by atoms with Crippen molar-refractivity contribution in [3.63, 3.8) is 0 Å². The SMILES string of the molecule is C#[C][Al-]([C]#C)([CH2]C)[CH2]C.[Na+]. The minimum atomic E-state index is -1.91. The summed E-state index contributed by atoms with van der Waals surface area (Å²) in [4.78, 5) is 5.59. The first kappa shape index (κ1) is 13.3. The summed E-state index contributed by atoms with van der Waals surface area (Å²) in [5.74, 6) is 0. The Morgan fingerprint density at radius 2 is 1.40 bits per heavy atom. The van der Waals surface area contributed by atoms with E-state index >= 15 is 0 Å². The van der Waals surface area contributed by atoms with Crippen LogP contribution in [-0.2, 0) is 0 Å². The molecule has 0 aliphatic carbocycles. The fourth-order valence-electron chi connectivity index (χ4n) is 0.808. The third kappa shape index (κ3) is 3.17. The second-order valence-electron chi connectivity index (χ2n) is 2.40. The Kier molecular flexibility index (Phi) is 8.44. The molecule has 0 spiro atoms. The molecule has 0 N–H and O–H groups in total. The zero-order valence-corrected chi connectivity index (χ0v) is 10.3. The van der Waals surface area contributed by atoms with Gasteiger partial charge in [-0.15, -0.1) is 13.8 Å². The summed E-state index contributed by atoms with van der Waals surface area (Å²) in [6, 6.07) is 0. The van der Waals surface area contributed by atoms with Crippen molar-refractivity contribution in [3.05, 3.63) is 0 Å². The van der Waals surface area contributed by atoms with Gasteiger partial charge in [-0.2, -0.15) is 23.4 Å². The molecule has 0 aromatic heterocycles. The van der Waals surface area contributed by atoms with Crippen molar-refractivity contribution >= 4 is 13.1 Å². The van der Waals surface area contributed by atoms with Gasteiger partial charge in [-0.3, -0.25) is 0 Å². The van der Waals surface area contributed by atoms with Gasteiger partial charge in [-0.25, -0.2) is 0 Å². The van der Waals surface area contributed by atoms with Crippen LogP contribution in [0.3, 0.4) is 0 Å². The van der Waals surface area contributed by atoms with Gasteiger partial charge in [0.25, 0.3) is 0 Å². The van der Waals surface area contributed by atoms with Crippen LogP contribution in [-0.4, -0.2) is 13.1 Å². The molecule has 2 heteroatoms. The van der Waals surface area contributed by atoms with E-state index in [1.165, 1.54) is 0 Å². The average molecular weight is 158 g/mol. The van der Waals surface area contributed by atoms with Gasteiger partial charge in [0.05, 0.1) is 0 Å². The number of terminal acetylenes is 2. The van der Waals surface area contributed by atoms with Crippen molar-refractivity contribution in [1.82, 2.24) is 0 Å². The zero-order valence-electron chi connectivity index (χ0n) is 7.15. The largest absolute Gasteiger partial charge is 1.00 e. The van der Waals surface area contributed by atoms with Crippen molar-refractivity contribution in [2.24, 2.45) is 0 Å². The van der Waals surface area contributed by atoms with Crippen LogP contribution in [0.2, 0.25) is 10.6 Å². The molecule has 0 heterocycles. The Morgan fingerprint density at radius 3 is 1.40 bits per heavy atom. The van der Waals surface area contributed by atoms with Crippen LogP contribution in [0.5, 0.6) is 0 Å². The monoisotopic (exact) mass is 158 g/mol. The van der Waals surface area contributed by atoms with E-state index in [4.69, 9.17) is 12.8 Å². The summed E-state index contributed by atoms with van der Waals surface area (Å²) >= 11 is -1.91. The van der Waals surface area contributed by atoms with Crippen LogP contribution < -0.4 is 29.6 Å². The summed E-state index contributed by atoms with van der Waals surface area (Å²) in [5, 5.41) is 2.08. The van der Waals surface area contributed by atoms with E-state index in [1.807, 2.05) is 0 Å². The second kappa shape index (κ2) is 6.37. The Hall–Kier alpha value is 0.652. The smallest absolute Gasteiger partial charge is 0.340 e. The molecule has 0 aliphatic heterocycles. The third-order valence-electron chi connectivity index (χ3n) is 2.03. The molecule has 0 fully saturated rings. The predicted octanol–water partition coefficient (Wildman–Crippen LogP) is -1.18. The summed E-state index contributed by atoms with van der Waals surface area (Å²) in [7, 11) is 0. The molecule has 0 aromatic carbocycles. The molecule has 0 aromatic rings. The predicted molar refractivity (Wildman–Crippen MR) is 44.4 cm³/mol. The summed E-state index contributed by atoms with van der Waals surface area (Å²) < 4.78 is 0. The van der Waals surface area contributed by atoms with E-state index in [0.29, 0.717) is 0 Å². The van der Waals surface area contributed by atoms with E-state index in [0.717, 1.165) is 10.6 Å². The van der Waals surface area contributed by atoms with Gasteiger partial charge in [0, 0.05) is 0 Å². The normalized spacial score (nSPS) is 8.80. The van der Waals surface area contributed by atoms with Gasteiger partial charge >= 0.3 is 42.6 Å². The molecular formula is C8H12AlNa. The molecule has 48 valence electrons. The van der Waals surface area contributed by atoms with E-state index in [1.54, 1.807) is 0 Å². The Labute approximate surface area is 88.7 Å². The summed E-state index contributed by atoms with van der Waals surface area (Å²) in [5.41, 5.74) is 0. The van der Waals surface area contributed by atoms with Crippen molar-refractivity contribution in [3.8, 4) is 22.4 Å². The van der Waals surface area contributed by atoms with Crippen LogP contribution in [0.25, 0.3) is 0 Å². The van der Waals surface area contributed by atoms with Gasteiger partial charge in [0.2, 0.25) is 0 Å². The standard InChI is InChI=1S/2C2H5.2C2H.Al.Na/c4*1-2;;/h2*1H2,2H3;2*1H;;/q;;;;-1;+1. The topological polar surface area (TPSA) is 0 Å². The molecule has 0 aliphatic rings. The molecule has 0 saturated heterocycles. The maximum absolute atomic E-state index is 5.32. The fraction of sp³-hybridized carbons (Fsp3) is 0.500. The molecule has 0 saturated carbocycles. The summed E-state index contributed by atoms with van der Waals surface area (Å²) in [6.45, 7) is 4.18. The number of hydrogen-bond donors (Lipinski definition) is 0. The molecule has 0 amide bonds. The van der Waals surface area contributed by atoms with Crippen LogP contribution in [0.4, 0.5) is 0 Å². The first-order valence-corrected chi connectivity index (χ1v) is 6.17.